The van der Waals surface area contributed by atoms with Crippen molar-refractivity contribution in [2.75, 3.05) is 40.9 Å². The Morgan fingerprint density at radius 2 is 1.71 bits per heavy atom. The van der Waals surface area contributed by atoms with Gasteiger partial charge in [-0.25, -0.2) is 8.42 Å². The van der Waals surface area contributed by atoms with Gasteiger partial charge in [0.15, 0.2) is 11.5 Å². The van der Waals surface area contributed by atoms with E-state index in [0.717, 1.165) is 32.5 Å². The summed E-state index contributed by atoms with van der Waals surface area (Å²) >= 11 is 0. The molecule has 1 heterocycles. The van der Waals surface area contributed by atoms with Crippen LogP contribution in [0.25, 0.3) is 0 Å². The summed E-state index contributed by atoms with van der Waals surface area (Å²) in [6.07, 6.45) is 1.71. The number of aryl methyl sites for hydroxylation is 1. The molecule has 0 radical (unpaired) electrons. The molecule has 1 aliphatic rings. The van der Waals surface area contributed by atoms with Crippen molar-refractivity contribution < 1.29 is 17.9 Å². The SMILES string of the molecule is CCN1CCC(N(C)S(=O)(=O)c2cc(OC)c(OC)cc2C)CC1. The van der Waals surface area contributed by atoms with Crippen molar-refractivity contribution in [2.45, 2.75) is 37.6 Å². The zero-order chi connectivity index (χ0) is 17.9. The highest BCUT2D eigenvalue weighted by Gasteiger charge is 2.32. The average molecular weight is 356 g/mol. The highest BCUT2D eigenvalue weighted by Crippen LogP contribution is 2.34. The lowest BCUT2D eigenvalue weighted by atomic mass is 10.1. The Balaban J connectivity index is 2.30. The second kappa shape index (κ2) is 7.72. The molecule has 0 unspecified atom stereocenters. The molecule has 7 heteroatoms. The minimum Gasteiger partial charge on any atom is -0.493 e. The Hall–Kier alpha value is -1.31. The summed E-state index contributed by atoms with van der Waals surface area (Å²) < 4.78 is 38.2. The molecule has 1 aliphatic heterocycles. The first-order valence-corrected chi connectivity index (χ1v) is 9.72. The van der Waals surface area contributed by atoms with Crippen LogP contribution in [0.15, 0.2) is 17.0 Å². The van der Waals surface area contributed by atoms with Crippen LogP contribution in [0.3, 0.4) is 0 Å². The number of rotatable bonds is 6. The largest absolute Gasteiger partial charge is 0.493 e. The van der Waals surface area contributed by atoms with E-state index >= 15 is 0 Å². The topological polar surface area (TPSA) is 59.1 Å². The van der Waals surface area contributed by atoms with Crippen LogP contribution < -0.4 is 9.47 Å². The van der Waals surface area contributed by atoms with Gasteiger partial charge >= 0.3 is 0 Å². The highest BCUT2D eigenvalue weighted by molar-refractivity contribution is 7.89. The predicted molar refractivity (Wildman–Crippen MR) is 94.4 cm³/mol. The average Bonchev–Trinajstić information content (AvgIpc) is 2.60. The Bertz CT molecular complexity index is 667. The zero-order valence-corrected chi connectivity index (χ0v) is 16.0. The Labute approximate surface area is 145 Å². The number of likely N-dealkylation sites (tertiary alicyclic amines) is 1. The van der Waals surface area contributed by atoms with E-state index < -0.39 is 10.0 Å². The molecule has 24 heavy (non-hydrogen) atoms. The van der Waals surface area contributed by atoms with Crippen molar-refractivity contribution in [3.05, 3.63) is 17.7 Å². The molecule has 0 amide bonds. The maximum atomic E-state index is 13.1. The molecule has 1 fully saturated rings. The van der Waals surface area contributed by atoms with Gasteiger partial charge in [0.2, 0.25) is 10.0 Å². The van der Waals surface area contributed by atoms with Crippen molar-refractivity contribution in [2.24, 2.45) is 0 Å². The van der Waals surface area contributed by atoms with Crippen molar-refractivity contribution in [1.82, 2.24) is 9.21 Å². The first-order chi connectivity index (χ1) is 11.3. The molecular formula is C17H28N2O4S. The summed E-state index contributed by atoms with van der Waals surface area (Å²) in [5.74, 6) is 0.962. The lowest BCUT2D eigenvalue weighted by molar-refractivity contribution is 0.176. The normalized spacial score (nSPS) is 17.2. The van der Waals surface area contributed by atoms with Crippen LogP contribution in [0.2, 0.25) is 0 Å². The minimum atomic E-state index is -3.57. The van der Waals surface area contributed by atoms with Crippen molar-refractivity contribution in [3.63, 3.8) is 0 Å². The number of nitrogens with zero attached hydrogens (tertiary/aromatic N) is 2. The van der Waals surface area contributed by atoms with Gasteiger partial charge in [-0.2, -0.15) is 4.31 Å². The fourth-order valence-corrected chi connectivity index (χ4v) is 4.83. The maximum Gasteiger partial charge on any atom is 0.243 e. The third-order valence-corrected chi connectivity index (χ3v) is 6.91. The smallest absolute Gasteiger partial charge is 0.243 e. The molecular weight excluding hydrogens is 328 g/mol. The van der Waals surface area contributed by atoms with E-state index in [1.54, 1.807) is 33.2 Å². The first kappa shape index (κ1) is 19.0. The van der Waals surface area contributed by atoms with Gasteiger partial charge < -0.3 is 14.4 Å². The number of hydrogen-bond donors (Lipinski definition) is 0. The van der Waals surface area contributed by atoms with Gasteiger partial charge in [-0.15, -0.1) is 0 Å². The Morgan fingerprint density at radius 3 is 2.21 bits per heavy atom. The fraction of sp³-hybridized carbons (Fsp3) is 0.647. The lowest BCUT2D eigenvalue weighted by Gasteiger charge is -2.35. The molecule has 0 N–H and O–H groups in total. The van der Waals surface area contributed by atoms with E-state index in [9.17, 15) is 8.42 Å². The van der Waals surface area contributed by atoms with Gasteiger partial charge in [-0.1, -0.05) is 6.92 Å². The van der Waals surface area contributed by atoms with Crippen LogP contribution in [0.5, 0.6) is 11.5 Å². The number of piperidine rings is 1. The summed E-state index contributed by atoms with van der Waals surface area (Å²) in [5.41, 5.74) is 0.658. The molecule has 0 saturated carbocycles. The summed E-state index contributed by atoms with van der Waals surface area (Å²) in [7, 11) is 1.16. The zero-order valence-electron chi connectivity index (χ0n) is 15.2. The van der Waals surface area contributed by atoms with Gasteiger partial charge in [0.25, 0.3) is 0 Å². The first-order valence-electron chi connectivity index (χ1n) is 8.28. The molecule has 6 nitrogen and oxygen atoms in total. The van der Waals surface area contributed by atoms with Crippen LogP contribution >= 0.6 is 0 Å². The summed E-state index contributed by atoms with van der Waals surface area (Å²) in [6.45, 7) is 6.80. The van der Waals surface area contributed by atoms with Gasteiger partial charge in [0.05, 0.1) is 19.1 Å². The Morgan fingerprint density at radius 1 is 1.17 bits per heavy atom. The molecule has 1 saturated heterocycles. The predicted octanol–water partition coefficient (Wildman–Crippen LogP) is 2.12. The number of hydrogen-bond acceptors (Lipinski definition) is 5. The summed E-state index contributed by atoms with van der Waals surface area (Å²) in [5, 5.41) is 0. The third kappa shape index (κ3) is 3.68. The van der Waals surface area contributed by atoms with E-state index in [1.165, 1.54) is 11.4 Å². The molecule has 136 valence electrons. The molecule has 0 atom stereocenters. The molecule has 2 rings (SSSR count). The summed E-state index contributed by atoms with van der Waals surface area (Å²) in [6, 6.07) is 3.30. The van der Waals surface area contributed by atoms with E-state index in [2.05, 4.69) is 11.8 Å². The number of methoxy groups -OCH3 is 2. The summed E-state index contributed by atoms with van der Waals surface area (Å²) in [4.78, 5) is 2.62. The number of ether oxygens (including phenoxy) is 2. The molecule has 0 aliphatic carbocycles. The number of benzene rings is 1. The second-order valence-electron chi connectivity index (χ2n) is 6.16. The van der Waals surface area contributed by atoms with Gasteiger partial charge in [0.1, 0.15) is 0 Å². The quantitative estimate of drug-likeness (QED) is 0.781. The van der Waals surface area contributed by atoms with E-state index in [-0.39, 0.29) is 10.9 Å². The standard InChI is InChI=1S/C17H28N2O4S/c1-6-19-9-7-14(8-10-19)18(3)24(20,21)17-12-16(23-5)15(22-4)11-13(17)2/h11-12,14H,6-10H2,1-5H3. The van der Waals surface area contributed by atoms with Crippen LogP contribution in [0.1, 0.15) is 25.3 Å². The van der Waals surface area contributed by atoms with Crippen LogP contribution in [0, 0.1) is 6.92 Å². The fourth-order valence-electron chi connectivity index (χ4n) is 3.19. The Kier molecular flexibility index (Phi) is 6.11. The maximum absolute atomic E-state index is 13.1. The van der Waals surface area contributed by atoms with Crippen LogP contribution in [-0.4, -0.2) is 64.6 Å². The second-order valence-corrected chi connectivity index (χ2v) is 8.13. The third-order valence-electron chi connectivity index (χ3n) is 4.86. The van der Waals surface area contributed by atoms with Crippen molar-refractivity contribution in [1.29, 1.82) is 0 Å². The van der Waals surface area contributed by atoms with E-state index in [0.29, 0.717) is 17.1 Å². The monoisotopic (exact) mass is 356 g/mol. The van der Waals surface area contributed by atoms with Gasteiger partial charge in [-0.05, 0) is 51.0 Å². The number of sulfonamides is 1. The van der Waals surface area contributed by atoms with Crippen molar-refractivity contribution >= 4 is 10.0 Å². The molecule has 0 spiro atoms. The van der Waals surface area contributed by atoms with Crippen LogP contribution in [0.4, 0.5) is 0 Å². The van der Waals surface area contributed by atoms with Gasteiger partial charge in [0, 0.05) is 19.2 Å². The van der Waals surface area contributed by atoms with Crippen LogP contribution in [-0.2, 0) is 10.0 Å². The van der Waals surface area contributed by atoms with E-state index in [4.69, 9.17) is 9.47 Å². The minimum absolute atomic E-state index is 0.0327. The molecule has 1 aromatic carbocycles. The lowest BCUT2D eigenvalue weighted by Crippen LogP contribution is -2.45. The highest BCUT2D eigenvalue weighted by atomic mass is 32.2. The molecule has 0 bridgehead atoms. The van der Waals surface area contributed by atoms with E-state index in [1.807, 2.05) is 0 Å². The molecule has 1 aromatic rings. The molecule has 0 aromatic heterocycles. The van der Waals surface area contributed by atoms with Crippen molar-refractivity contribution in [3.8, 4) is 11.5 Å². The van der Waals surface area contributed by atoms with Gasteiger partial charge in [-0.3, -0.25) is 0 Å².